The molecule has 658 valence electrons. The van der Waals surface area contributed by atoms with E-state index in [1.807, 2.05) is 18.2 Å². The van der Waals surface area contributed by atoms with Crippen LogP contribution in [0, 0.1) is 96.2 Å². The maximum Gasteiger partial charge on any atom is 0.416 e. The van der Waals surface area contributed by atoms with Crippen LogP contribution in [0.4, 0.5) is 35.1 Å². The molecule has 0 aliphatic heterocycles. The second-order valence-electron chi connectivity index (χ2n) is 45.8. The molecule has 0 atom stereocenters. The highest BCUT2D eigenvalue weighted by Gasteiger charge is 2.55. The second-order valence-corrected chi connectivity index (χ2v) is 46.7. The fraction of sp³-hybridized carbons (Fsp3) is 0.607. The molecule has 0 spiro atoms. The van der Waals surface area contributed by atoms with Crippen molar-refractivity contribution in [2.24, 2.45) is 39.4 Å². The van der Waals surface area contributed by atoms with Gasteiger partial charge in [-0.15, -0.1) is 0 Å². The lowest BCUT2D eigenvalue weighted by Crippen LogP contribution is -2.51. The highest BCUT2D eigenvalue weighted by molar-refractivity contribution is 6.36. The van der Waals surface area contributed by atoms with Gasteiger partial charge in [-0.05, 0) is 240 Å². The molecular weight excluding hydrogens is 1510 g/mol. The Balaban J connectivity index is 0.000000448. The number of hydrogen-bond acceptors (Lipinski definition) is 0. The molecule has 0 radical (unpaired) electrons. The average Bonchev–Trinajstić information content (AvgIpc) is 0.728. The van der Waals surface area contributed by atoms with Crippen LogP contribution in [-0.2, 0) is 49.5 Å². The third-order valence-electron chi connectivity index (χ3n) is 23.6. The molecule has 0 aromatic heterocycles. The summed E-state index contributed by atoms with van der Waals surface area (Å²) in [6.07, 6.45) is 5.15. The molecule has 0 unspecified atom stereocenters. The first-order chi connectivity index (χ1) is 52.4. The highest BCUT2D eigenvalue weighted by atomic mass is 35.5. The average molecular weight is 1670 g/mol. The Kier molecular flexibility index (Phi) is 37.9. The SMILES string of the molecule is CC(C)(C)C(C)(C)C.CC(C)(C)C12CC3CC(CC(C3)C1)C2.CC(C)(C)c1c(Cl)cccc1Cl.CC(C)(C)c1c(F)c(F)c(F)c(F)c1F.CC(C)(C)c1ccccc1C(C)(C)C.CC(C)(C)c1ccccc1C(F)(F)F.CC(C)c1cccc(C(C)C)c1C(C)(C)C.Cc1cc(C)cc(C(C)(C)C)c1.Cc1cccc(C)c1C(C)(C)C. The number of aryl methyl sites for hydroxylation is 4. The first-order valence-electron chi connectivity index (χ1n) is 42.9. The van der Waals surface area contributed by atoms with Crippen molar-refractivity contribution < 1.29 is 35.1 Å². The molecule has 117 heavy (non-hydrogen) atoms. The summed E-state index contributed by atoms with van der Waals surface area (Å²) in [5.41, 5.74) is 17.8. The van der Waals surface area contributed by atoms with Crippen molar-refractivity contribution in [1.29, 1.82) is 0 Å². The summed E-state index contributed by atoms with van der Waals surface area (Å²) in [7, 11) is 0. The van der Waals surface area contributed by atoms with Gasteiger partial charge in [0.1, 0.15) is 0 Å². The van der Waals surface area contributed by atoms with Gasteiger partial charge in [0, 0.05) is 15.6 Å². The van der Waals surface area contributed by atoms with Crippen molar-refractivity contribution in [1.82, 2.24) is 0 Å². The molecule has 7 aromatic rings. The fourth-order valence-corrected chi connectivity index (χ4v) is 17.5. The lowest BCUT2D eigenvalue weighted by molar-refractivity contribution is -0.138. The molecular formula is C107H160Cl2F8. The summed E-state index contributed by atoms with van der Waals surface area (Å²) in [5.74, 6) is -4.92. The van der Waals surface area contributed by atoms with Gasteiger partial charge in [-0.3, -0.25) is 0 Å². The Morgan fingerprint density at radius 3 is 0.812 bits per heavy atom. The number of halogens is 10. The van der Waals surface area contributed by atoms with Crippen molar-refractivity contribution in [2.45, 2.75) is 384 Å². The molecule has 4 aliphatic rings. The van der Waals surface area contributed by atoms with Crippen LogP contribution < -0.4 is 0 Å². The molecule has 0 N–H and O–H groups in total. The van der Waals surface area contributed by atoms with Gasteiger partial charge in [0.25, 0.3) is 0 Å². The van der Waals surface area contributed by atoms with E-state index in [0.717, 1.165) is 44.8 Å². The van der Waals surface area contributed by atoms with E-state index in [2.05, 4.69) is 321 Å². The minimum atomic E-state index is -4.26. The van der Waals surface area contributed by atoms with Crippen LogP contribution in [0.5, 0.6) is 0 Å². The van der Waals surface area contributed by atoms with E-state index in [1.54, 1.807) is 70.9 Å². The van der Waals surface area contributed by atoms with E-state index in [0.29, 0.717) is 33.6 Å². The van der Waals surface area contributed by atoms with Crippen LogP contribution in [0.1, 0.15) is 390 Å². The monoisotopic (exact) mass is 1670 g/mol. The van der Waals surface area contributed by atoms with Crippen LogP contribution in [0.3, 0.4) is 0 Å². The Hall–Kier alpha value is -5.44. The summed E-state index contributed by atoms with van der Waals surface area (Å²) in [6, 6.07) is 40.1. The van der Waals surface area contributed by atoms with Crippen molar-refractivity contribution in [3.63, 3.8) is 0 Å². The van der Waals surface area contributed by atoms with Crippen molar-refractivity contribution >= 4 is 23.2 Å². The van der Waals surface area contributed by atoms with Crippen molar-refractivity contribution in [3.05, 3.63) is 244 Å². The summed E-state index contributed by atoms with van der Waals surface area (Å²) >= 11 is 12.1. The standard InChI is InChI=1S/C16H26.C14H24.C14H22.2C12H18.C11H13F3.C10H12Cl2.C10H9F5.C8H18/c1-11(2)13-9-8-10-14(12(3)4)15(13)16(5,6)7;1-13(2,3)14-7-10-4-11(8-14)6-12(5-10)9-14;1-13(2,3)11-9-7-8-10-12(11)14(4,5)6;1-9-6-10(2)8-11(7-9)12(3,4)5;1-9-7-6-8-10(2)11(9)12(3,4)5;1-10(2,3)8-6-4-5-7-9(8)11(12,13)14;1-10(2,3)9-7(11)5-4-6-8(9)12;1-10(2,3)4-5(11)7(13)9(15)8(14)6(4)12;1-7(2,3)8(4,5)6/h8-12H,1-7H3;10-12H,4-9H2,1-3H3;7-10H,1-6H3;2*6-8H,1-5H3;4-7H,1-3H3;4-6H,1-3H3;1-3H3;1-6H3. The van der Waals surface area contributed by atoms with Gasteiger partial charge in [0.15, 0.2) is 23.3 Å². The van der Waals surface area contributed by atoms with Gasteiger partial charge in [0.2, 0.25) is 5.82 Å². The largest absolute Gasteiger partial charge is 0.416 e. The maximum atomic E-state index is 13.2. The second kappa shape index (κ2) is 41.2. The van der Waals surface area contributed by atoms with E-state index in [-0.39, 0.29) is 32.5 Å². The normalized spacial score (nSPS) is 17.1. The maximum absolute atomic E-state index is 13.2. The van der Waals surface area contributed by atoms with Crippen LogP contribution >= 0.6 is 23.2 Å². The first-order valence-corrected chi connectivity index (χ1v) is 43.6. The van der Waals surface area contributed by atoms with Gasteiger partial charge < -0.3 is 0 Å². The van der Waals surface area contributed by atoms with Crippen LogP contribution in [0.25, 0.3) is 0 Å². The lowest BCUT2D eigenvalue weighted by atomic mass is 9.43. The molecule has 7 aromatic carbocycles. The zero-order valence-corrected chi connectivity index (χ0v) is 82.5. The predicted molar refractivity (Wildman–Crippen MR) is 496 cm³/mol. The van der Waals surface area contributed by atoms with Gasteiger partial charge >= 0.3 is 6.18 Å². The molecule has 4 fully saturated rings. The molecule has 0 nitrogen and oxygen atoms in total. The number of benzene rings is 7. The molecule has 0 saturated heterocycles. The quantitative estimate of drug-likeness (QED) is 0.0919. The van der Waals surface area contributed by atoms with Crippen LogP contribution in [0.2, 0.25) is 10.0 Å². The summed E-state index contributed by atoms with van der Waals surface area (Å²) in [5, 5.41) is 1.49. The van der Waals surface area contributed by atoms with Crippen LogP contribution in [-0.4, -0.2) is 0 Å². The van der Waals surface area contributed by atoms with E-state index in [4.69, 9.17) is 23.2 Å². The van der Waals surface area contributed by atoms with Gasteiger partial charge in [0.05, 0.1) is 5.56 Å². The lowest BCUT2D eigenvalue weighted by Gasteiger charge is -2.62. The molecule has 4 bridgehead atoms. The zero-order chi connectivity index (χ0) is 91.5. The van der Waals surface area contributed by atoms with Crippen molar-refractivity contribution in [3.8, 4) is 0 Å². The minimum absolute atomic E-state index is 0.00935. The summed E-state index contributed by atoms with van der Waals surface area (Å²) in [6.45, 7) is 88.8. The number of hydrogen-bond donors (Lipinski definition) is 0. The molecule has 0 amide bonds. The van der Waals surface area contributed by atoms with E-state index in [9.17, 15) is 35.1 Å². The Morgan fingerprint density at radius 2 is 0.581 bits per heavy atom. The van der Waals surface area contributed by atoms with Crippen molar-refractivity contribution in [2.75, 3.05) is 0 Å². The Labute approximate surface area is 720 Å². The third-order valence-corrected chi connectivity index (χ3v) is 24.2. The highest BCUT2D eigenvalue weighted by Crippen LogP contribution is 2.66. The molecule has 10 heteroatoms. The summed E-state index contributed by atoms with van der Waals surface area (Å²) < 4.78 is 102. The van der Waals surface area contributed by atoms with Gasteiger partial charge in [-0.25, -0.2) is 22.0 Å². The van der Waals surface area contributed by atoms with Gasteiger partial charge in [-0.2, -0.15) is 13.2 Å². The molecule has 0 heterocycles. The van der Waals surface area contributed by atoms with Crippen LogP contribution in [0.15, 0.2) is 121 Å². The predicted octanol–water partition coefficient (Wildman–Crippen LogP) is 36.0. The molecule has 11 rings (SSSR count). The topological polar surface area (TPSA) is 0 Å². The Bertz CT molecular complexity index is 3910. The third kappa shape index (κ3) is 32.1. The molecule has 4 saturated carbocycles. The van der Waals surface area contributed by atoms with Gasteiger partial charge in [-0.1, -0.05) is 394 Å². The first kappa shape index (κ1) is 108. The summed E-state index contributed by atoms with van der Waals surface area (Å²) in [4.78, 5) is 0. The smallest absolute Gasteiger partial charge is 0.203 e. The van der Waals surface area contributed by atoms with E-state index >= 15 is 0 Å². The molecule has 4 aliphatic carbocycles. The number of rotatable bonds is 2. The van der Waals surface area contributed by atoms with E-state index in [1.165, 1.54) is 88.5 Å². The zero-order valence-electron chi connectivity index (χ0n) is 81.0. The minimum Gasteiger partial charge on any atom is -0.203 e. The number of alkyl halides is 3. The Morgan fingerprint density at radius 1 is 0.308 bits per heavy atom. The van der Waals surface area contributed by atoms with E-state index < -0.39 is 57.2 Å². The fourth-order valence-electron chi connectivity index (χ4n) is 16.5.